The zero-order valence-corrected chi connectivity index (χ0v) is 15.6. The van der Waals surface area contributed by atoms with Gasteiger partial charge in [0.2, 0.25) is 5.75 Å². The van der Waals surface area contributed by atoms with Gasteiger partial charge in [-0.1, -0.05) is 12.1 Å². The van der Waals surface area contributed by atoms with Crippen molar-refractivity contribution < 1.29 is 14.3 Å². The van der Waals surface area contributed by atoms with Crippen molar-refractivity contribution in [2.75, 3.05) is 13.2 Å². The molecular formula is C19H20FN5O3. The Morgan fingerprint density at radius 3 is 2.68 bits per heavy atom. The van der Waals surface area contributed by atoms with Crippen molar-refractivity contribution in [3.63, 3.8) is 0 Å². The molecule has 1 aliphatic heterocycles. The minimum absolute atomic E-state index is 0.0892. The van der Waals surface area contributed by atoms with Crippen LogP contribution in [0.25, 0.3) is 4.85 Å². The molecule has 2 aromatic rings. The van der Waals surface area contributed by atoms with E-state index in [1.165, 1.54) is 28.8 Å². The van der Waals surface area contributed by atoms with E-state index in [0.717, 1.165) is 0 Å². The number of fused-ring (bicyclic) bond motifs is 1. The molecule has 1 aliphatic rings. The van der Waals surface area contributed by atoms with E-state index in [-0.39, 0.29) is 31.3 Å². The monoisotopic (exact) mass is 385 g/mol. The lowest BCUT2D eigenvalue weighted by Crippen LogP contribution is -2.52. The van der Waals surface area contributed by atoms with Crippen LogP contribution in [0.3, 0.4) is 0 Å². The van der Waals surface area contributed by atoms with Crippen molar-refractivity contribution in [3.8, 4) is 5.75 Å². The summed E-state index contributed by atoms with van der Waals surface area (Å²) in [4.78, 5) is 34.7. The summed E-state index contributed by atoms with van der Waals surface area (Å²) in [7, 11) is 0. The molecule has 3 rings (SSSR count). The zero-order chi connectivity index (χ0) is 20.5. The van der Waals surface area contributed by atoms with Crippen molar-refractivity contribution in [3.05, 3.63) is 68.9 Å². The molecule has 0 atom stereocenters. The number of aromatic nitrogens is 2. The molecule has 1 amide bonds. The minimum atomic E-state index is -0.762. The number of hydrogen-bond donors (Lipinski definition) is 2. The van der Waals surface area contributed by atoms with Gasteiger partial charge in [-0.05, 0) is 31.5 Å². The average Bonchev–Trinajstić information content (AvgIpc) is 2.66. The quantitative estimate of drug-likeness (QED) is 0.778. The lowest BCUT2D eigenvalue weighted by molar-refractivity contribution is 0.0840. The van der Waals surface area contributed by atoms with E-state index < -0.39 is 22.8 Å². The van der Waals surface area contributed by atoms with Crippen molar-refractivity contribution in [2.24, 2.45) is 0 Å². The summed E-state index contributed by atoms with van der Waals surface area (Å²) >= 11 is 0. The highest BCUT2D eigenvalue weighted by atomic mass is 19.1. The van der Waals surface area contributed by atoms with Gasteiger partial charge < -0.3 is 10.4 Å². The van der Waals surface area contributed by atoms with Crippen molar-refractivity contribution in [2.45, 2.75) is 32.5 Å². The first-order valence-corrected chi connectivity index (χ1v) is 8.71. The number of nitrogens with one attached hydrogen (secondary N) is 1. The molecule has 0 unspecified atom stereocenters. The standard InChI is InChI=1S/C19H20FN5O3/c1-19(2)18-23-14(16(27)22-10-12-4-6-13(20)7-5-12)15(26)17(28)25(18)9-8-24(19)11-21-3/h4-7,26H,8-11H2,1-2H3,(H,22,27). The van der Waals surface area contributed by atoms with Crippen LogP contribution in [-0.4, -0.2) is 38.7 Å². The SMILES string of the molecule is [C-]#[N+]CN1CCn2c(nc(C(=O)NCc3ccc(F)cc3)c(O)c2=O)C1(C)C. The third-order valence-electron chi connectivity index (χ3n) is 4.90. The molecule has 0 spiro atoms. The summed E-state index contributed by atoms with van der Waals surface area (Å²) < 4.78 is 14.3. The molecule has 1 aromatic heterocycles. The van der Waals surface area contributed by atoms with Crippen molar-refractivity contribution in [1.29, 1.82) is 0 Å². The molecule has 0 bridgehead atoms. The second-order valence-corrected chi connectivity index (χ2v) is 7.02. The number of aromatic hydroxyl groups is 1. The van der Waals surface area contributed by atoms with Gasteiger partial charge in [0.25, 0.3) is 18.1 Å². The Morgan fingerprint density at radius 1 is 1.36 bits per heavy atom. The summed E-state index contributed by atoms with van der Waals surface area (Å²) in [5.41, 5.74) is -1.15. The number of amides is 1. The Balaban J connectivity index is 1.92. The lowest BCUT2D eigenvalue weighted by atomic mass is 9.99. The third kappa shape index (κ3) is 3.46. The van der Waals surface area contributed by atoms with Crippen LogP contribution in [0.15, 0.2) is 29.1 Å². The van der Waals surface area contributed by atoms with E-state index in [2.05, 4.69) is 15.1 Å². The molecule has 0 saturated heterocycles. The fourth-order valence-corrected chi connectivity index (χ4v) is 3.22. The van der Waals surface area contributed by atoms with Gasteiger partial charge in [0, 0.05) is 19.6 Å². The van der Waals surface area contributed by atoms with E-state index >= 15 is 0 Å². The molecule has 0 aliphatic carbocycles. The first-order valence-electron chi connectivity index (χ1n) is 8.71. The maximum atomic E-state index is 13.0. The Labute approximate surface area is 161 Å². The van der Waals surface area contributed by atoms with E-state index in [4.69, 9.17) is 6.57 Å². The Kier molecular flexibility index (Phi) is 5.16. The Morgan fingerprint density at radius 2 is 2.04 bits per heavy atom. The molecule has 2 N–H and O–H groups in total. The second-order valence-electron chi connectivity index (χ2n) is 7.02. The van der Waals surface area contributed by atoms with Gasteiger partial charge in [-0.3, -0.25) is 19.0 Å². The Bertz CT molecular complexity index is 1010. The number of carbonyl (C=O) groups is 1. The molecular weight excluding hydrogens is 365 g/mol. The first kappa shape index (κ1) is 19.5. The molecule has 0 fully saturated rings. The summed E-state index contributed by atoms with van der Waals surface area (Å²) in [6, 6.07) is 5.60. The summed E-state index contributed by atoms with van der Waals surface area (Å²) in [6.07, 6.45) is 0. The number of nitrogens with zero attached hydrogens (tertiary/aromatic N) is 4. The van der Waals surface area contributed by atoms with Crippen molar-refractivity contribution >= 4 is 5.91 Å². The van der Waals surface area contributed by atoms with E-state index in [9.17, 15) is 19.1 Å². The minimum Gasteiger partial charge on any atom is -0.501 e. The van der Waals surface area contributed by atoms with Crippen molar-refractivity contribution in [1.82, 2.24) is 19.8 Å². The molecule has 28 heavy (non-hydrogen) atoms. The fraction of sp³-hybridized carbons (Fsp3) is 0.368. The smallest absolute Gasteiger partial charge is 0.296 e. The van der Waals surface area contributed by atoms with E-state index in [1.807, 2.05) is 18.7 Å². The first-order chi connectivity index (χ1) is 13.3. The molecule has 9 heteroatoms. The fourth-order valence-electron chi connectivity index (χ4n) is 3.22. The number of carbonyl (C=O) groups excluding carboxylic acids is 1. The van der Waals surface area contributed by atoms with Crippen LogP contribution in [0.5, 0.6) is 5.75 Å². The van der Waals surface area contributed by atoms with Gasteiger partial charge in [-0.2, -0.15) is 0 Å². The van der Waals surface area contributed by atoms with Crippen LogP contribution >= 0.6 is 0 Å². The number of halogens is 1. The molecule has 146 valence electrons. The maximum Gasteiger partial charge on any atom is 0.296 e. The average molecular weight is 385 g/mol. The summed E-state index contributed by atoms with van der Waals surface area (Å²) in [5, 5.41) is 12.8. The maximum absolute atomic E-state index is 13.0. The van der Waals surface area contributed by atoms with Gasteiger partial charge in [0.1, 0.15) is 11.6 Å². The van der Waals surface area contributed by atoms with Crippen LogP contribution in [0.2, 0.25) is 0 Å². The predicted molar refractivity (Wildman–Crippen MR) is 98.9 cm³/mol. The van der Waals surface area contributed by atoms with Crippen LogP contribution in [0, 0.1) is 12.4 Å². The highest BCUT2D eigenvalue weighted by Crippen LogP contribution is 2.30. The lowest BCUT2D eigenvalue weighted by Gasteiger charge is -2.40. The zero-order valence-electron chi connectivity index (χ0n) is 15.6. The molecule has 8 nitrogen and oxygen atoms in total. The third-order valence-corrected chi connectivity index (χ3v) is 4.90. The van der Waals surface area contributed by atoms with E-state index in [1.54, 1.807) is 0 Å². The highest BCUT2D eigenvalue weighted by Gasteiger charge is 2.40. The normalized spacial score (nSPS) is 15.5. The highest BCUT2D eigenvalue weighted by molar-refractivity contribution is 5.94. The largest absolute Gasteiger partial charge is 0.501 e. The van der Waals surface area contributed by atoms with Gasteiger partial charge in [-0.15, -0.1) is 0 Å². The van der Waals surface area contributed by atoms with Gasteiger partial charge >= 0.3 is 0 Å². The number of benzene rings is 1. The molecule has 0 radical (unpaired) electrons. The number of hydrogen-bond acceptors (Lipinski definition) is 5. The molecule has 0 saturated carbocycles. The van der Waals surface area contributed by atoms with Gasteiger partial charge in [0.15, 0.2) is 5.69 Å². The second kappa shape index (κ2) is 7.40. The van der Waals surface area contributed by atoms with Crippen LogP contribution in [0.4, 0.5) is 4.39 Å². The van der Waals surface area contributed by atoms with Gasteiger partial charge in [0.05, 0.1) is 5.54 Å². The summed E-state index contributed by atoms with van der Waals surface area (Å²) in [6.45, 7) is 11.7. The topological polar surface area (TPSA) is 91.8 Å². The van der Waals surface area contributed by atoms with Crippen LogP contribution < -0.4 is 10.9 Å². The number of rotatable bonds is 4. The Hall–Kier alpha value is -3.25. The van der Waals surface area contributed by atoms with Crippen LogP contribution in [-0.2, 0) is 18.6 Å². The summed E-state index contributed by atoms with van der Waals surface area (Å²) in [5.74, 6) is -1.49. The van der Waals surface area contributed by atoms with Gasteiger partial charge in [-0.25, -0.2) is 20.8 Å². The molecule has 1 aromatic carbocycles. The van der Waals surface area contributed by atoms with Crippen LogP contribution in [0.1, 0.15) is 35.7 Å². The van der Waals surface area contributed by atoms with E-state index in [0.29, 0.717) is 17.9 Å². The predicted octanol–water partition coefficient (Wildman–Crippen LogP) is 1.45. The molecule has 2 heterocycles.